The summed E-state index contributed by atoms with van der Waals surface area (Å²) in [5, 5.41) is 2.00. The number of thiophene rings is 1. The second-order valence-electron chi connectivity index (χ2n) is 6.57. The molecule has 28 heavy (non-hydrogen) atoms. The zero-order chi connectivity index (χ0) is 20.0. The van der Waals surface area contributed by atoms with Crippen LogP contribution in [-0.2, 0) is 21.2 Å². The predicted molar refractivity (Wildman–Crippen MR) is 107 cm³/mol. The number of amides is 2. The highest BCUT2D eigenvalue weighted by Gasteiger charge is 2.27. The number of benzene rings is 1. The third-order valence-corrected chi connectivity index (χ3v) is 7.39. The molecule has 0 unspecified atom stereocenters. The van der Waals surface area contributed by atoms with Gasteiger partial charge in [0.1, 0.15) is 0 Å². The van der Waals surface area contributed by atoms with Crippen LogP contribution in [0.25, 0.3) is 0 Å². The predicted octanol–water partition coefficient (Wildman–Crippen LogP) is 2.32. The minimum absolute atomic E-state index is 0.170. The van der Waals surface area contributed by atoms with Crippen molar-refractivity contribution >= 4 is 33.2 Å². The van der Waals surface area contributed by atoms with Gasteiger partial charge in [0.2, 0.25) is 15.9 Å². The maximum atomic E-state index is 12.5. The van der Waals surface area contributed by atoms with Gasteiger partial charge < -0.3 is 0 Å². The summed E-state index contributed by atoms with van der Waals surface area (Å²) in [4.78, 5) is 25.4. The summed E-state index contributed by atoms with van der Waals surface area (Å²) in [7, 11) is -3.50. The fraction of sp³-hybridized carbons (Fsp3) is 0.368. The monoisotopic (exact) mass is 421 g/mol. The normalized spacial score (nSPS) is 14.7. The number of carbonyl (C=O) groups is 2. The molecule has 1 aromatic heterocycles. The summed E-state index contributed by atoms with van der Waals surface area (Å²) in [5.74, 6) is -0.755. The Labute approximate surface area is 168 Å². The van der Waals surface area contributed by atoms with Gasteiger partial charge in [-0.1, -0.05) is 6.07 Å². The maximum absolute atomic E-state index is 12.5. The number of nitrogens with zero attached hydrogens (tertiary/aromatic N) is 1. The van der Waals surface area contributed by atoms with Gasteiger partial charge in [0.15, 0.2) is 0 Å². The summed E-state index contributed by atoms with van der Waals surface area (Å²) in [6.45, 7) is 1.06. The summed E-state index contributed by atoms with van der Waals surface area (Å²) in [6.07, 6.45) is 3.57. The molecule has 0 radical (unpaired) electrons. The van der Waals surface area contributed by atoms with Crippen LogP contribution in [-0.4, -0.2) is 37.6 Å². The van der Waals surface area contributed by atoms with Crippen molar-refractivity contribution in [3.05, 3.63) is 52.2 Å². The van der Waals surface area contributed by atoms with Crippen molar-refractivity contribution in [2.24, 2.45) is 0 Å². The van der Waals surface area contributed by atoms with Crippen molar-refractivity contribution in [3.63, 3.8) is 0 Å². The van der Waals surface area contributed by atoms with Crippen LogP contribution in [0.1, 0.15) is 40.9 Å². The van der Waals surface area contributed by atoms with E-state index in [2.05, 4.69) is 10.9 Å². The molecular formula is C19H23N3O4S2. The van der Waals surface area contributed by atoms with Crippen molar-refractivity contribution in [2.45, 2.75) is 37.0 Å². The zero-order valence-electron chi connectivity index (χ0n) is 15.4. The summed E-state index contributed by atoms with van der Waals surface area (Å²) < 4.78 is 26.4. The van der Waals surface area contributed by atoms with Crippen molar-refractivity contribution in [1.82, 2.24) is 15.2 Å². The van der Waals surface area contributed by atoms with E-state index in [1.54, 1.807) is 11.3 Å². The van der Waals surface area contributed by atoms with Gasteiger partial charge in [0.05, 0.1) is 4.90 Å². The van der Waals surface area contributed by atoms with Crippen LogP contribution >= 0.6 is 11.3 Å². The Balaban J connectivity index is 1.47. The molecule has 1 aliphatic rings. The summed E-state index contributed by atoms with van der Waals surface area (Å²) >= 11 is 1.65. The topological polar surface area (TPSA) is 95.6 Å². The lowest BCUT2D eigenvalue weighted by molar-refractivity contribution is -0.121. The lowest BCUT2D eigenvalue weighted by atomic mass is 10.2. The zero-order valence-corrected chi connectivity index (χ0v) is 17.0. The van der Waals surface area contributed by atoms with Crippen molar-refractivity contribution in [1.29, 1.82) is 0 Å². The van der Waals surface area contributed by atoms with E-state index in [0.29, 0.717) is 25.9 Å². The van der Waals surface area contributed by atoms with Gasteiger partial charge in [-0.3, -0.25) is 20.4 Å². The molecule has 2 heterocycles. The lowest BCUT2D eigenvalue weighted by Gasteiger charge is -2.15. The Morgan fingerprint density at radius 3 is 2.39 bits per heavy atom. The number of hydrogen-bond acceptors (Lipinski definition) is 5. The van der Waals surface area contributed by atoms with Gasteiger partial charge in [-0.25, -0.2) is 8.42 Å². The molecule has 1 aliphatic heterocycles. The average Bonchev–Trinajstić information content (AvgIpc) is 3.40. The number of hydrogen-bond donors (Lipinski definition) is 2. The number of carbonyl (C=O) groups excluding carboxylic acids is 2. The van der Waals surface area contributed by atoms with Gasteiger partial charge >= 0.3 is 0 Å². The number of aryl methyl sites for hydroxylation is 1. The average molecular weight is 422 g/mol. The van der Waals surface area contributed by atoms with E-state index in [-0.39, 0.29) is 16.4 Å². The minimum atomic E-state index is -3.50. The molecule has 150 valence electrons. The van der Waals surface area contributed by atoms with Gasteiger partial charge in [-0.15, -0.1) is 11.3 Å². The fourth-order valence-corrected chi connectivity index (χ4v) is 5.26. The molecule has 2 N–H and O–H groups in total. The largest absolute Gasteiger partial charge is 0.273 e. The molecule has 1 fully saturated rings. The second-order valence-corrected chi connectivity index (χ2v) is 9.54. The quantitative estimate of drug-likeness (QED) is 0.671. The second kappa shape index (κ2) is 9.31. The van der Waals surface area contributed by atoms with Crippen LogP contribution in [0.2, 0.25) is 0 Å². The Morgan fingerprint density at radius 1 is 1.04 bits per heavy atom. The van der Waals surface area contributed by atoms with Crippen molar-refractivity contribution in [2.75, 3.05) is 13.1 Å². The molecule has 2 aromatic rings. The first-order valence-electron chi connectivity index (χ1n) is 9.18. The highest BCUT2D eigenvalue weighted by molar-refractivity contribution is 7.89. The number of rotatable bonds is 7. The Morgan fingerprint density at radius 2 is 1.75 bits per heavy atom. The molecule has 2 amide bonds. The van der Waals surface area contributed by atoms with Crippen LogP contribution in [0.15, 0.2) is 46.7 Å². The molecular weight excluding hydrogens is 398 g/mol. The van der Waals surface area contributed by atoms with Crippen LogP contribution < -0.4 is 10.9 Å². The van der Waals surface area contributed by atoms with E-state index in [1.165, 1.54) is 33.4 Å². The molecule has 0 saturated carbocycles. The van der Waals surface area contributed by atoms with Crippen LogP contribution in [0.4, 0.5) is 0 Å². The first-order chi connectivity index (χ1) is 13.5. The molecule has 9 heteroatoms. The molecule has 0 spiro atoms. The van der Waals surface area contributed by atoms with E-state index in [1.807, 2.05) is 17.5 Å². The summed E-state index contributed by atoms with van der Waals surface area (Å²) in [6, 6.07) is 9.74. The number of sulfonamides is 1. The first-order valence-corrected chi connectivity index (χ1v) is 11.5. The Bertz CT molecular complexity index is 903. The molecule has 1 saturated heterocycles. The van der Waals surface area contributed by atoms with Crippen LogP contribution in [0.5, 0.6) is 0 Å². The molecule has 1 aromatic carbocycles. The van der Waals surface area contributed by atoms with Gasteiger partial charge in [-0.05, 0) is 61.4 Å². The number of nitrogens with one attached hydrogen (secondary N) is 2. The van der Waals surface area contributed by atoms with E-state index in [9.17, 15) is 18.0 Å². The molecule has 0 aliphatic carbocycles. The molecule has 0 atom stereocenters. The van der Waals surface area contributed by atoms with E-state index >= 15 is 0 Å². The first kappa shape index (κ1) is 20.5. The highest BCUT2D eigenvalue weighted by Crippen LogP contribution is 2.21. The minimum Gasteiger partial charge on any atom is -0.273 e. The smallest absolute Gasteiger partial charge is 0.269 e. The van der Waals surface area contributed by atoms with Gasteiger partial charge in [0.25, 0.3) is 5.91 Å². The fourth-order valence-electron chi connectivity index (χ4n) is 2.99. The van der Waals surface area contributed by atoms with Crippen LogP contribution in [0, 0.1) is 0 Å². The van der Waals surface area contributed by atoms with Crippen LogP contribution in [0.3, 0.4) is 0 Å². The Kier molecular flexibility index (Phi) is 6.82. The SMILES string of the molecule is O=C(CCCc1cccs1)NNC(=O)c1ccc(S(=O)(=O)N2CCCC2)cc1. The van der Waals surface area contributed by atoms with E-state index in [4.69, 9.17) is 0 Å². The number of hydrazine groups is 1. The van der Waals surface area contributed by atoms with Crippen molar-refractivity contribution in [3.8, 4) is 0 Å². The third-order valence-electron chi connectivity index (χ3n) is 4.54. The third kappa shape index (κ3) is 5.18. The lowest BCUT2D eigenvalue weighted by Crippen LogP contribution is -2.41. The van der Waals surface area contributed by atoms with Crippen molar-refractivity contribution < 1.29 is 18.0 Å². The van der Waals surface area contributed by atoms with Gasteiger partial charge in [0, 0.05) is 30.0 Å². The Hall–Kier alpha value is -2.23. The molecule has 7 nitrogen and oxygen atoms in total. The van der Waals surface area contributed by atoms with E-state index in [0.717, 1.165) is 19.3 Å². The van der Waals surface area contributed by atoms with Gasteiger partial charge in [-0.2, -0.15) is 4.31 Å². The maximum Gasteiger partial charge on any atom is 0.269 e. The summed E-state index contributed by atoms with van der Waals surface area (Å²) in [5.41, 5.74) is 5.03. The molecule has 0 bridgehead atoms. The molecule has 3 rings (SSSR count). The highest BCUT2D eigenvalue weighted by atomic mass is 32.2. The van der Waals surface area contributed by atoms with E-state index < -0.39 is 15.9 Å². The standard InChI is InChI=1S/C19H23N3O4S2/c23-18(7-3-5-16-6-4-14-27-16)20-21-19(24)15-8-10-17(11-9-15)28(25,26)22-12-1-2-13-22/h4,6,8-11,14H,1-3,5,7,12-13H2,(H,20,23)(H,21,24).